The number of likely N-dealkylation sites (N-methyl/N-ethyl adjacent to an activating group) is 1. The minimum absolute atomic E-state index is 0.803. The van der Waals surface area contributed by atoms with E-state index in [4.69, 9.17) is 4.74 Å². The molecular formula is C9H22N2O. The van der Waals surface area contributed by atoms with Crippen LogP contribution in [0.2, 0.25) is 0 Å². The molecule has 0 unspecified atom stereocenters. The van der Waals surface area contributed by atoms with Gasteiger partial charge in [-0.25, -0.2) is 0 Å². The van der Waals surface area contributed by atoms with Crippen LogP contribution in [-0.2, 0) is 4.74 Å². The number of methoxy groups -OCH3 is 1. The molecule has 1 N–H and O–H groups in total. The Morgan fingerprint density at radius 3 is 2.58 bits per heavy atom. The number of hydrogen-bond acceptors (Lipinski definition) is 3. The van der Waals surface area contributed by atoms with Crippen LogP contribution in [0.4, 0.5) is 0 Å². The van der Waals surface area contributed by atoms with Gasteiger partial charge in [0.2, 0.25) is 0 Å². The summed E-state index contributed by atoms with van der Waals surface area (Å²) in [4.78, 5) is 2.33. The molecule has 0 fully saturated rings. The summed E-state index contributed by atoms with van der Waals surface area (Å²) in [6, 6.07) is 0. The fourth-order valence-electron chi connectivity index (χ4n) is 1.06. The van der Waals surface area contributed by atoms with E-state index in [1.807, 2.05) is 0 Å². The number of nitrogens with zero attached hydrogens (tertiary/aromatic N) is 1. The molecule has 0 aliphatic heterocycles. The monoisotopic (exact) mass is 174 g/mol. The summed E-state index contributed by atoms with van der Waals surface area (Å²) in [6.45, 7) is 7.33. The van der Waals surface area contributed by atoms with Crippen molar-refractivity contribution >= 4 is 0 Å². The molecule has 0 aromatic carbocycles. The first-order valence-electron chi connectivity index (χ1n) is 4.69. The molecule has 0 atom stereocenters. The Hall–Kier alpha value is -0.120. The lowest BCUT2D eigenvalue weighted by Gasteiger charge is -2.15. The first-order valence-corrected chi connectivity index (χ1v) is 4.69. The third kappa shape index (κ3) is 7.98. The Labute approximate surface area is 76.1 Å². The highest BCUT2D eigenvalue weighted by atomic mass is 16.5. The topological polar surface area (TPSA) is 24.5 Å². The third-order valence-corrected chi connectivity index (χ3v) is 1.76. The molecular weight excluding hydrogens is 152 g/mol. The normalized spacial score (nSPS) is 11.0. The summed E-state index contributed by atoms with van der Waals surface area (Å²) in [5.74, 6) is 0. The Bertz CT molecular complexity index is 88.6. The highest BCUT2D eigenvalue weighted by molar-refractivity contribution is 4.53. The predicted octanol–water partition coefficient (Wildman–Crippen LogP) is 0.564. The van der Waals surface area contributed by atoms with Crippen molar-refractivity contribution in [1.29, 1.82) is 0 Å². The van der Waals surface area contributed by atoms with Crippen molar-refractivity contribution < 1.29 is 4.74 Å². The van der Waals surface area contributed by atoms with Crippen LogP contribution in [0.1, 0.15) is 13.3 Å². The van der Waals surface area contributed by atoms with Gasteiger partial charge in [-0.1, -0.05) is 6.92 Å². The molecule has 3 nitrogen and oxygen atoms in total. The molecule has 0 aromatic heterocycles. The van der Waals surface area contributed by atoms with Gasteiger partial charge in [-0.05, 0) is 20.0 Å². The standard InChI is InChI=1S/C9H22N2O/c1-4-7-11(2)8-5-10-6-9-12-3/h10H,4-9H2,1-3H3. The van der Waals surface area contributed by atoms with Crippen molar-refractivity contribution in [3.05, 3.63) is 0 Å². The molecule has 3 heteroatoms. The summed E-state index contributed by atoms with van der Waals surface area (Å²) in [6.07, 6.45) is 1.23. The van der Waals surface area contributed by atoms with Crippen molar-refractivity contribution in [3.8, 4) is 0 Å². The van der Waals surface area contributed by atoms with Gasteiger partial charge in [0.15, 0.2) is 0 Å². The summed E-state index contributed by atoms with van der Waals surface area (Å²) in [5, 5.41) is 3.31. The minimum Gasteiger partial charge on any atom is -0.383 e. The van der Waals surface area contributed by atoms with Crippen LogP contribution < -0.4 is 5.32 Å². The highest BCUT2D eigenvalue weighted by Crippen LogP contribution is 1.83. The van der Waals surface area contributed by atoms with Crippen LogP contribution in [-0.4, -0.2) is 51.8 Å². The van der Waals surface area contributed by atoms with E-state index < -0.39 is 0 Å². The zero-order valence-electron chi connectivity index (χ0n) is 8.60. The molecule has 0 saturated carbocycles. The zero-order chi connectivity index (χ0) is 9.23. The van der Waals surface area contributed by atoms with E-state index in [0.29, 0.717) is 0 Å². The van der Waals surface area contributed by atoms with Crippen LogP contribution in [0.15, 0.2) is 0 Å². The van der Waals surface area contributed by atoms with E-state index in [1.54, 1.807) is 7.11 Å². The lowest BCUT2D eigenvalue weighted by Crippen LogP contribution is -2.31. The Balaban J connectivity index is 2.97. The summed E-state index contributed by atoms with van der Waals surface area (Å²) in [5.41, 5.74) is 0. The maximum atomic E-state index is 4.92. The average molecular weight is 174 g/mol. The van der Waals surface area contributed by atoms with Gasteiger partial charge in [-0.15, -0.1) is 0 Å². The highest BCUT2D eigenvalue weighted by Gasteiger charge is 1.94. The largest absolute Gasteiger partial charge is 0.383 e. The Kier molecular flexibility index (Phi) is 8.88. The van der Waals surface area contributed by atoms with Gasteiger partial charge in [-0.3, -0.25) is 0 Å². The number of hydrogen-bond donors (Lipinski definition) is 1. The second-order valence-corrected chi connectivity index (χ2v) is 3.05. The zero-order valence-corrected chi connectivity index (χ0v) is 8.60. The maximum absolute atomic E-state index is 4.92. The van der Waals surface area contributed by atoms with Gasteiger partial charge < -0.3 is 15.0 Å². The van der Waals surface area contributed by atoms with E-state index in [0.717, 1.165) is 26.2 Å². The summed E-state index contributed by atoms with van der Waals surface area (Å²) >= 11 is 0. The van der Waals surface area contributed by atoms with E-state index >= 15 is 0 Å². The van der Waals surface area contributed by atoms with Crippen molar-refractivity contribution in [2.45, 2.75) is 13.3 Å². The van der Waals surface area contributed by atoms with Crippen molar-refractivity contribution in [2.24, 2.45) is 0 Å². The fraction of sp³-hybridized carbons (Fsp3) is 1.00. The quantitative estimate of drug-likeness (QED) is 0.544. The number of rotatable bonds is 8. The van der Waals surface area contributed by atoms with Gasteiger partial charge in [0.25, 0.3) is 0 Å². The molecule has 0 amide bonds. The maximum Gasteiger partial charge on any atom is 0.0587 e. The van der Waals surface area contributed by atoms with Crippen molar-refractivity contribution in [1.82, 2.24) is 10.2 Å². The molecule has 0 bridgehead atoms. The van der Waals surface area contributed by atoms with Gasteiger partial charge in [0.1, 0.15) is 0 Å². The molecule has 0 rings (SSSR count). The van der Waals surface area contributed by atoms with Crippen LogP contribution >= 0.6 is 0 Å². The van der Waals surface area contributed by atoms with E-state index in [1.165, 1.54) is 13.0 Å². The van der Waals surface area contributed by atoms with Gasteiger partial charge in [0.05, 0.1) is 6.61 Å². The molecule has 0 saturated heterocycles. The molecule has 74 valence electrons. The summed E-state index contributed by atoms with van der Waals surface area (Å²) in [7, 11) is 3.88. The molecule has 0 aromatic rings. The Morgan fingerprint density at radius 1 is 1.25 bits per heavy atom. The van der Waals surface area contributed by atoms with Crippen LogP contribution in [0.5, 0.6) is 0 Å². The smallest absolute Gasteiger partial charge is 0.0587 e. The molecule has 0 heterocycles. The molecule has 0 aliphatic carbocycles. The Morgan fingerprint density at radius 2 is 2.00 bits per heavy atom. The molecule has 12 heavy (non-hydrogen) atoms. The van der Waals surface area contributed by atoms with E-state index in [-0.39, 0.29) is 0 Å². The van der Waals surface area contributed by atoms with Crippen LogP contribution in [0, 0.1) is 0 Å². The van der Waals surface area contributed by atoms with E-state index in [2.05, 4.69) is 24.2 Å². The third-order valence-electron chi connectivity index (χ3n) is 1.76. The average Bonchev–Trinajstić information content (AvgIpc) is 2.05. The minimum atomic E-state index is 0.803. The molecule has 0 radical (unpaired) electrons. The van der Waals surface area contributed by atoms with Crippen molar-refractivity contribution in [2.75, 3.05) is 46.9 Å². The fourth-order valence-corrected chi connectivity index (χ4v) is 1.06. The second kappa shape index (κ2) is 8.97. The number of nitrogens with one attached hydrogen (secondary N) is 1. The van der Waals surface area contributed by atoms with Gasteiger partial charge >= 0.3 is 0 Å². The van der Waals surface area contributed by atoms with E-state index in [9.17, 15) is 0 Å². The van der Waals surface area contributed by atoms with Gasteiger partial charge in [-0.2, -0.15) is 0 Å². The second-order valence-electron chi connectivity index (χ2n) is 3.05. The van der Waals surface area contributed by atoms with Crippen molar-refractivity contribution in [3.63, 3.8) is 0 Å². The van der Waals surface area contributed by atoms with Crippen LogP contribution in [0.3, 0.4) is 0 Å². The predicted molar refractivity (Wildman–Crippen MR) is 52.5 cm³/mol. The summed E-state index contributed by atoms with van der Waals surface area (Å²) < 4.78 is 4.92. The van der Waals surface area contributed by atoms with Crippen LogP contribution in [0.25, 0.3) is 0 Å². The lowest BCUT2D eigenvalue weighted by molar-refractivity contribution is 0.198. The lowest BCUT2D eigenvalue weighted by atomic mass is 10.4. The van der Waals surface area contributed by atoms with Gasteiger partial charge in [0, 0.05) is 26.7 Å². The molecule has 0 aliphatic rings. The molecule has 0 spiro atoms. The first kappa shape index (κ1) is 11.9. The SMILES string of the molecule is CCCN(C)CCNCCOC. The first-order chi connectivity index (χ1) is 5.81. The number of ether oxygens (including phenoxy) is 1.